The molecule has 0 aromatic rings. The van der Waals surface area contributed by atoms with Gasteiger partial charge in [0.25, 0.3) is 0 Å². The number of carbonyl (C=O) groups excluding carboxylic acids is 2. The van der Waals surface area contributed by atoms with Gasteiger partial charge >= 0.3 is 11.9 Å². The quantitative estimate of drug-likeness (QED) is 0.232. The molecule has 0 aliphatic heterocycles. The van der Waals surface area contributed by atoms with Gasteiger partial charge in [0.1, 0.15) is 6.10 Å². The largest absolute Gasteiger partial charge is 0.466 e. The van der Waals surface area contributed by atoms with Crippen LogP contribution in [0, 0.1) is 5.92 Å². The van der Waals surface area contributed by atoms with E-state index in [2.05, 4.69) is 6.92 Å². The van der Waals surface area contributed by atoms with E-state index in [4.69, 9.17) is 14.2 Å². The SMILES string of the molecule is CCCCCCCCCCOC(=O)CCCC(=O)OC(C)C(C)CCOC. The third kappa shape index (κ3) is 16.8. The number of esters is 2. The van der Waals surface area contributed by atoms with Crippen LogP contribution in [-0.4, -0.2) is 38.4 Å². The van der Waals surface area contributed by atoms with E-state index in [1.165, 1.54) is 38.5 Å². The molecule has 0 amide bonds. The van der Waals surface area contributed by atoms with Gasteiger partial charge in [0.15, 0.2) is 0 Å². The third-order valence-corrected chi connectivity index (χ3v) is 4.92. The molecule has 0 radical (unpaired) electrons. The number of carbonyl (C=O) groups is 2. The summed E-state index contributed by atoms with van der Waals surface area (Å²) in [6, 6.07) is 0. The van der Waals surface area contributed by atoms with Crippen molar-refractivity contribution < 1.29 is 23.8 Å². The van der Waals surface area contributed by atoms with Gasteiger partial charge in [-0.1, -0.05) is 58.8 Å². The molecule has 0 saturated carbocycles. The summed E-state index contributed by atoms with van der Waals surface area (Å²) in [5, 5.41) is 0. The van der Waals surface area contributed by atoms with Gasteiger partial charge in [-0.2, -0.15) is 0 Å². The van der Waals surface area contributed by atoms with Crippen molar-refractivity contribution in [2.45, 2.75) is 104 Å². The van der Waals surface area contributed by atoms with E-state index in [1.54, 1.807) is 7.11 Å². The monoisotopic (exact) mass is 386 g/mol. The summed E-state index contributed by atoms with van der Waals surface area (Å²) in [4.78, 5) is 23.5. The summed E-state index contributed by atoms with van der Waals surface area (Å²) in [5.74, 6) is -0.208. The number of unbranched alkanes of at least 4 members (excludes halogenated alkanes) is 7. The van der Waals surface area contributed by atoms with E-state index in [1.807, 2.05) is 13.8 Å². The van der Waals surface area contributed by atoms with Crippen LogP contribution in [0.25, 0.3) is 0 Å². The van der Waals surface area contributed by atoms with Crippen molar-refractivity contribution in [3.8, 4) is 0 Å². The molecule has 0 aliphatic carbocycles. The minimum atomic E-state index is -0.248. The molecule has 0 spiro atoms. The number of hydrogen-bond donors (Lipinski definition) is 0. The minimum Gasteiger partial charge on any atom is -0.466 e. The highest BCUT2D eigenvalue weighted by Crippen LogP contribution is 2.13. The van der Waals surface area contributed by atoms with E-state index in [9.17, 15) is 9.59 Å². The molecule has 0 N–H and O–H groups in total. The van der Waals surface area contributed by atoms with Gasteiger partial charge in [0.05, 0.1) is 6.61 Å². The molecule has 160 valence electrons. The Hall–Kier alpha value is -1.10. The lowest BCUT2D eigenvalue weighted by atomic mass is 10.0. The Morgan fingerprint density at radius 3 is 2.00 bits per heavy atom. The van der Waals surface area contributed by atoms with Gasteiger partial charge in [0.2, 0.25) is 0 Å². The first-order chi connectivity index (χ1) is 13.0. The average Bonchev–Trinajstić information content (AvgIpc) is 2.64. The van der Waals surface area contributed by atoms with Crippen molar-refractivity contribution in [1.82, 2.24) is 0 Å². The first-order valence-electron chi connectivity index (χ1n) is 10.8. The number of hydrogen-bond acceptors (Lipinski definition) is 5. The molecule has 2 atom stereocenters. The summed E-state index contributed by atoms with van der Waals surface area (Å²) < 4.78 is 15.7. The van der Waals surface area contributed by atoms with Crippen molar-refractivity contribution in [3.05, 3.63) is 0 Å². The smallest absolute Gasteiger partial charge is 0.306 e. The zero-order chi connectivity index (χ0) is 20.3. The van der Waals surface area contributed by atoms with Gasteiger partial charge in [-0.15, -0.1) is 0 Å². The average molecular weight is 387 g/mol. The van der Waals surface area contributed by atoms with Crippen molar-refractivity contribution in [2.75, 3.05) is 20.3 Å². The van der Waals surface area contributed by atoms with Gasteiger partial charge in [-0.25, -0.2) is 0 Å². The number of ether oxygens (including phenoxy) is 3. The lowest BCUT2D eigenvalue weighted by molar-refractivity contribution is -0.151. The lowest BCUT2D eigenvalue weighted by Gasteiger charge is -2.20. The van der Waals surface area contributed by atoms with Gasteiger partial charge in [0, 0.05) is 26.6 Å². The van der Waals surface area contributed by atoms with Gasteiger partial charge < -0.3 is 14.2 Å². The maximum atomic E-state index is 11.8. The molecule has 0 bridgehead atoms. The van der Waals surface area contributed by atoms with Crippen LogP contribution >= 0.6 is 0 Å². The summed E-state index contributed by atoms with van der Waals surface area (Å²) in [6.07, 6.45) is 11.5. The Morgan fingerprint density at radius 2 is 1.37 bits per heavy atom. The summed E-state index contributed by atoms with van der Waals surface area (Å²) >= 11 is 0. The van der Waals surface area contributed by atoms with E-state index >= 15 is 0 Å². The molecule has 0 aliphatic rings. The zero-order valence-electron chi connectivity index (χ0n) is 18.1. The molecular formula is C22H42O5. The van der Waals surface area contributed by atoms with Gasteiger partial charge in [-0.3, -0.25) is 9.59 Å². The minimum absolute atomic E-state index is 0.137. The zero-order valence-corrected chi connectivity index (χ0v) is 18.1. The Bertz CT molecular complexity index is 370. The molecule has 0 rings (SSSR count). The first-order valence-corrected chi connectivity index (χ1v) is 10.8. The van der Waals surface area contributed by atoms with Crippen LogP contribution < -0.4 is 0 Å². The van der Waals surface area contributed by atoms with Crippen molar-refractivity contribution >= 4 is 11.9 Å². The topological polar surface area (TPSA) is 61.8 Å². The molecule has 27 heavy (non-hydrogen) atoms. The summed E-state index contributed by atoms with van der Waals surface area (Å²) in [6.45, 7) is 7.32. The van der Waals surface area contributed by atoms with E-state index < -0.39 is 0 Å². The fourth-order valence-corrected chi connectivity index (χ4v) is 2.79. The predicted octanol–water partition coefficient (Wildman–Crippen LogP) is 5.44. The predicted molar refractivity (Wildman–Crippen MR) is 109 cm³/mol. The lowest BCUT2D eigenvalue weighted by Crippen LogP contribution is -2.23. The second-order valence-corrected chi connectivity index (χ2v) is 7.50. The highest BCUT2D eigenvalue weighted by Gasteiger charge is 2.16. The van der Waals surface area contributed by atoms with Crippen molar-refractivity contribution in [1.29, 1.82) is 0 Å². The normalized spacial score (nSPS) is 13.2. The van der Waals surface area contributed by atoms with Crippen LogP contribution in [0.4, 0.5) is 0 Å². The molecule has 0 aromatic heterocycles. The van der Waals surface area contributed by atoms with Crippen molar-refractivity contribution in [2.24, 2.45) is 5.92 Å². The molecule has 0 fully saturated rings. The Balaban J connectivity index is 3.55. The Morgan fingerprint density at radius 1 is 0.778 bits per heavy atom. The van der Waals surface area contributed by atoms with E-state index in [0.29, 0.717) is 19.6 Å². The molecule has 0 saturated heterocycles. The molecular weight excluding hydrogens is 344 g/mol. The van der Waals surface area contributed by atoms with Gasteiger partial charge in [-0.05, 0) is 32.1 Å². The molecule has 5 nitrogen and oxygen atoms in total. The van der Waals surface area contributed by atoms with Crippen LogP contribution in [0.5, 0.6) is 0 Å². The summed E-state index contributed by atoms with van der Waals surface area (Å²) in [5.41, 5.74) is 0. The van der Waals surface area contributed by atoms with E-state index in [0.717, 1.165) is 19.3 Å². The van der Waals surface area contributed by atoms with Crippen molar-refractivity contribution in [3.63, 3.8) is 0 Å². The summed E-state index contributed by atoms with van der Waals surface area (Å²) in [7, 11) is 1.66. The highest BCUT2D eigenvalue weighted by atomic mass is 16.5. The van der Waals surface area contributed by atoms with Crippen LogP contribution in [0.2, 0.25) is 0 Å². The fraction of sp³-hybridized carbons (Fsp3) is 0.909. The number of rotatable bonds is 18. The van der Waals surface area contributed by atoms with Crippen LogP contribution in [0.3, 0.4) is 0 Å². The van der Waals surface area contributed by atoms with Crippen LogP contribution in [-0.2, 0) is 23.8 Å². The third-order valence-electron chi connectivity index (χ3n) is 4.92. The standard InChI is InChI=1S/C22H42O5/c1-5-6-7-8-9-10-11-12-17-26-21(23)14-13-15-22(24)27-20(3)19(2)16-18-25-4/h19-20H,5-18H2,1-4H3. The maximum Gasteiger partial charge on any atom is 0.306 e. The fourth-order valence-electron chi connectivity index (χ4n) is 2.79. The number of methoxy groups -OCH3 is 1. The molecule has 2 unspecified atom stereocenters. The van der Waals surface area contributed by atoms with Crippen LogP contribution in [0.1, 0.15) is 97.8 Å². The Kier molecular flexibility index (Phi) is 17.5. The molecule has 0 heterocycles. The molecule has 0 aromatic carbocycles. The maximum absolute atomic E-state index is 11.8. The molecule has 5 heteroatoms. The van der Waals surface area contributed by atoms with E-state index in [-0.39, 0.29) is 36.8 Å². The highest BCUT2D eigenvalue weighted by molar-refractivity contribution is 5.72. The van der Waals surface area contributed by atoms with Crippen LogP contribution in [0.15, 0.2) is 0 Å². The Labute approximate surface area is 166 Å². The second-order valence-electron chi connectivity index (χ2n) is 7.50. The first kappa shape index (κ1) is 25.9. The second kappa shape index (κ2) is 18.3.